The summed E-state index contributed by atoms with van der Waals surface area (Å²) in [6.45, 7) is 4.01. The highest BCUT2D eigenvalue weighted by Crippen LogP contribution is 2.23. The molecule has 0 fully saturated rings. The summed E-state index contributed by atoms with van der Waals surface area (Å²) in [4.78, 5) is 11.7. The van der Waals surface area contributed by atoms with Crippen LogP contribution in [0.2, 0.25) is 0 Å². The monoisotopic (exact) mass is 266 g/mol. The first-order valence-electron chi connectivity index (χ1n) is 6.57. The number of carbonyl (C=O) groups excluding carboxylic acids is 1. The molecule has 0 bridgehead atoms. The molecule has 0 spiro atoms. The first-order chi connectivity index (χ1) is 9.27. The molecule has 19 heavy (non-hydrogen) atoms. The van der Waals surface area contributed by atoms with Crippen LogP contribution in [0.15, 0.2) is 24.3 Å². The lowest BCUT2D eigenvalue weighted by Crippen LogP contribution is -2.16. The van der Waals surface area contributed by atoms with Gasteiger partial charge in [-0.15, -0.1) is 0 Å². The Kier molecular flexibility index (Phi) is 7.62. The molecular formula is C14H22N2O3. The maximum atomic E-state index is 11.7. The van der Waals surface area contributed by atoms with Crippen molar-refractivity contribution < 1.29 is 14.3 Å². The minimum atomic E-state index is -0.0834. The summed E-state index contributed by atoms with van der Waals surface area (Å²) in [5.41, 5.74) is 6.06. The van der Waals surface area contributed by atoms with Crippen molar-refractivity contribution in [3.8, 4) is 5.75 Å². The van der Waals surface area contributed by atoms with Crippen LogP contribution < -0.4 is 15.8 Å². The molecule has 0 heterocycles. The molecule has 1 aromatic carbocycles. The van der Waals surface area contributed by atoms with Crippen LogP contribution in [0.5, 0.6) is 5.75 Å². The number of nitrogens with one attached hydrogen (secondary N) is 1. The van der Waals surface area contributed by atoms with Gasteiger partial charge in [0.15, 0.2) is 0 Å². The van der Waals surface area contributed by atoms with E-state index in [1.54, 1.807) is 12.1 Å². The van der Waals surface area contributed by atoms with E-state index in [1.807, 2.05) is 19.1 Å². The molecular weight excluding hydrogens is 244 g/mol. The van der Waals surface area contributed by atoms with Crippen molar-refractivity contribution in [3.05, 3.63) is 24.3 Å². The van der Waals surface area contributed by atoms with Crippen LogP contribution in [0.25, 0.3) is 0 Å². The van der Waals surface area contributed by atoms with Crippen molar-refractivity contribution in [2.24, 2.45) is 5.73 Å². The van der Waals surface area contributed by atoms with Gasteiger partial charge in [0.2, 0.25) is 5.91 Å². The molecule has 1 rings (SSSR count). The van der Waals surface area contributed by atoms with Gasteiger partial charge in [-0.1, -0.05) is 19.1 Å². The summed E-state index contributed by atoms with van der Waals surface area (Å²) < 4.78 is 10.7. The lowest BCUT2D eigenvalue weighted by atomic mass is 10.3. The topological polar surface area (TPSA) is 73.6 Å². The lowest BCUT2D eigenvalue weighted by molar-refractivity contribution is -0.117. The zero-order valence-corrected chi connectivity index (χ0v) is 11.4. The second kappa shape index (κ2) is 9.35. The average molecular weight is 266 g/mol. The molecule has 1 amide bonds. The van der Waals surface area contributed by atoms with Crippen LogP contribution in [0.1, 0.15) is 19.8 Å². The second-order valence-electron chi connectivity index (χ2n) is 4.04. The molecule has 0 aromatic heterocycles. The largest absolute Gasteiger partial charge is 0.490 e. The Morgan fingerprint density at radius 1 is 1.26 bits per heavy atom. The van der Waals surface area contributed by atoms with Crippen molar-refractivity contribution in [1.29, 1.82) is 0 Å². The number of nitrogens with two attached hydrogens (primary N) is 1. The average Bonchev–Trinajstić information content (AvgIpc) is 2.43. The summed E-state index contributed by atoms with van der Waals surface area (Å²) in [5.74, 6) is 0.552. The predicted octanol–water partition coefficient (Wildman–Crippen LogP) is 1.78. The van der Waals surface area contributed by atoms with Gasteiger partial charge >= 0.3 is 0 Å². The zero-order chi connectivity index (χ0) is 13.9. The van der Waals surface area contributed by atoms with E-state index in [0.717, 1.165) is 6.42 Å². The number of benzene rings is 1. The Morgan fingerprint density at radius 3 is 2.79 bits per heavy atom. The van der Waals surface area contributed by atoms with Crippen LogP contribution in [-0.2, 0) is 9.53 Å². The molecule has 0 saturated heterocycles. The molecule has 5 heteroatoms. The van der Waals surface area contributed by atoms with E-state index in [2.05, 4.69) is 5.32 Å². The van der Waals surface area contributed by atoms with Gasteiger partial charge in [-0.3, -0.25) is 4.79 Å². The van der Waals surface area contributed by atoms with Crippen molar-refractivity contribution in [2.75, 3.05) is 31.7 Å². The smallest absolute Gasteiger partial charge is 0.226 e. The Bertz CT molecular complexity index is 383. The predicted molar refractivity (Wildman–Crippen MR) is 75.3 cm³/mol. The van der Waals surface area contributed by atoms with Crippen LogP contribution in [-0.4, -0.2) is 32.3 Å². The molecule has 0 saturated carbocycles. The van der Waals surface area contributed by atoms with Crippen LogP contribution in [0, 0.1) is 0 Å². The number of anilines is 1. The molecule has 5 nitrogen and oxygen atoms in total. The van der Waals surface area contributed by atoms with E-state index in [-0.39, 0.29) is 5.91 Å². The van der Waals surface area contributed by atoms with E-state index in [0.29, 0.717) is 44.2 Å². The van der Waals surface area contributed by atoms with Gasteiger partial charge in [-0.2, -0.15) is 0 Å². The van der Waals surface area contributed by atoms with Crippen LogP contribution in [0.4, 0.5) is 5.69 Å². The van der Waals surface area contributed by atoms with Gasteiger partial charge in [-0.25, -0.2) is 0 Å². The summed E-state index contributed by atoms with van der Waals surface area (Å²) in [6.07, 6.45) is 1.29. The third-order valence-corrected chi connectivity index (χ3v) is 2.36. The third-order valence-electron chi connectivity index (χ3n) is 2.36. The zero-order valence-electron chi connectivity index (χ0n) is 11.4. The Balaban J connectivity index is 2.44. The van der Waals surface area contributed by atoms with Gasteiger partial charge in [0.1, 0.15) is 12.4 Å². The quantitative estimate of drug-likeness (QED) is 0.668. The molecule has 0 aliphatic carbocycles. The molecule has 0 aliphatic rings. The summed E-state index contributed by atoms with van der Waals surface area (Å²) in [5, 5.41) is 2.81. The highest BCUT2D eigenvalue weighted by molar-refractivity contribution is 5.92. The van der Waals surface area contributed by atoms with Gasteiger partial charge < -0.3 is 20.5 Å². The first-order valence-corrected chi connectivity index (χ1v) is 6.57. The number of amides is 1. The van der Waals surface area contributed by atoms with Crippen molar-refractivity contribution in [3.63, 3.8) is 0 Å². The number of hydrogen-bond donors (Lipinski definition) is 2. The minimum Gasteiger partial charge on any atom is -0.490 e. The van der Waals surface area contributed by atoms with Crippen LogP contribution in [0.3, 0.4) is 0 Å². The van der Waals surface area contributed by atoms with Gasteiger partial charge in [0.05, 0.1) is 18.7 Å². The Labute approximate surface area is 114 Å². The fourth-order valence-electron chi connectivity index (χ4n) is 1.49. The molecule has 0 unspecified atom stereocenters. The Morgan fingerprint density at radius 2 is 2.05 bits per heavy atom. The standard InChI is InChI=1S/C14H22N2O3/c1-2-9-18-10-7-14(17)16-12-5-3-4-6-13(12)19-11-8-15/h3-6H,2,7-11,15H2,1H3,(H,16,17). The number of para-hydroxylation sites is 2. The van der Waals surface area contributed by atoms with Crippen molar-refractivity contribution in [1.82, 2.24) is 0 Å². The number of hydrogen-bond acceptors (Lipinski definition) is 4. The van der Waals surface area contributed by atoms with E-state index < -0.39 is 0 Å². The van der Waals surface area contributed by atoms with E-state index in [9.17, 15) is 4.79 Å². The molecule has 106 valence electrons. The van der Waals surface area contributed by atoms with Crippen molar-refractivity contribution >= 4 is 11.6 Å². The molecule has 3 N–H and O–H groups in total. The van der Waals surface area contributed by atoms with Gasteiger partial charge in [0.25, 0.3) is 0 Å². The molecule has 1 aromatic rings. The normalized spacial score (nSPS) is 10.2. The second-order valence-corrected chi connectivity index (χ2v) is 4.04. The summed E-state index contributed by atoms with van der Waals surface area (Å²) in [7, 11) is 0. The van der Waals surface area contributed by atoms with Gasteiger partial charge in [-0.05, 0) is 18.6 Å². The Hall–Kier alpha value is -1.59. The fraction of sp³-hybridized carbons (Fsp3) is 0.500. The molecule has 0 aliphatic heterocycles. The summed E-state index contributed by atoms with van der Waals surface area (Å²) >= 11 is 0. The first kappa shape index (κ1) is 15.5. The highest BCUT2D eigenvalue weighted by atomic mass is 16.5. The maximum absolute atomic E-state index is 11.7. The van der Waals surface area contributed by atoms with Crippen LogP contribution >= 0.6 is 0 Å². The number of rotatable bonds is 9. The minimum absolute atomic E-state index is 0.0834. The van der Waals surface area contributed by atoms with Gasteiger partial charge in [0, 0.05) is 13.2 Å². The van der Waals surface area contributed by atoms with E-state index >= 15 is 0 Å². The van der Waals surface area contributed by atoms with Crippen molar-refractivity contribution in [2.45, 2.75) is 19.8 Å². The number of carbonyl (C=O) groups is 1. The maximum Gasteiger partial charge on any atom is 0.226 e. The van der Waals surface area contributed by atoms with E-state index in [1.165, 1.54) is 0 Å². The fourth-order valence-corrected chi connectivity index (χ4v) is 1.49. The SMILES string of the molecule is CCCOCCC(=O)Nc1ccccc1OCCN. The highest BCUT2D eigenvalue weighted by Gasteiger charge is 2.07. The molecule has 0 radical (unpaired) electrons. The van der Waals surface area contributed by atoms with E-state index in [4.69, 9.17) is 15.2 Å². The third kappa shape index (κ3) is 6.22. The lowest BCUT2D eigenvalue weighted by Gasteiger charge is -2.11. The number of ether oxygens (including phenoxy) is 2. The summed E-state index contributed by atoms with van der Waals surface area (Å²) in [6, 6.07) is 7.31. The molecule has 0 atom stereocenters.